The van der Waals surface area contributed by atoms with E-state index in [4.69, 9.17) is 16.9 Å². The van der Waals surface area contributed by atoms with Crippen LogP contribution in [0.2, 0.25) is 0 Å². The summed E-state index contributed by atoms with van der Waals surface area (Å²) in [5, 5.41) is 10.2. The zero-order chi connectivity index (χ0) is 22.4. The van der Waals surface area contributed by atoms with Gasteiger partial charge in [0, 0.05) is 36.2 Å². The third-order valence-corrected chi connectivity index (χ3v) is 6.47. The highest BCUT2D eigenvalue weighted by Gasteiger charge is 2.37. The number of hydrogen-bond donors (Lipinski definition) is 4. The number of amidine groups is 1. The van der Waals surface area contributed by atoms with Crippen molar-refractivity contribution in [1.82, 2.24) is 10.2 Å². The number of nitrogens with two attached hydrogens (primary N) is 2. The lowest BCUT2D eigenvalue weighted by Gasteiger charge is -2.42. The first-order chi connectivity index (χ1) is 14.9. The van der Waals surface area contributed by atoms with Gasteiger partial charge in [-0.15, -0.1) is 0 Å². The topological polar surface area (TPSA) is 125 Å². The van der Waals surface area contributed by atoms with E-state index in [2.05, 4.69) is 17.4 Å². The van der Waals surface area contributed by atoms with Crippen LogP contribution in [-0.2, 0) is 10.2 Å². The molecular weight excluding hydrogens is 390 g/mol. The number of rotatable bonds is 7. The lowest BCUT2D eigenvalue weighted by atomic mass is 9.68. The lowest BCUT2D eigenvalue weighted by molar-refractivity contribution is -0.131. The molecule has 0 bridgehead atoms. The second kappa shape index (κ2) is 9.75. The van der Waals surface area contributed by atoms with Crippen molar-refractivity contribution in [3.63, 3.8) is 0 Å². The van der Waals surface area contributed by atoms with Crippen LogP contribution in [0.3, 0.4) is 0 Å². The van der Waals surface area contributed by atoms with Gasteiger partial charge in [-0.2, -0.15) is 0 Å². The molecule has 2 aromatic rings. The first-order valence-electron chi connectivity index (χ1n) is 10.6. The number of benzene rings is 2. The second-order valence-corrected chi connectivity index (χ2v) is 8.26. The summed E-state index contributed by atoms with van der Waals surface area (Å²) in [4.78, 5) is 26.8. The van der Waals surface area contributed by atoms with Gasteiger partial charge < -0.3 is 21.7 Å². The summed E-state index contributed by atoms with van der Waals surface area (Å²) in [6.07, 6.45) is 3.62. The normalized spacial score (nSPS) is 20.6. The maximum absolute atomic E-state index is 12.7. The van der Waals surface area contributed by atoms with Crippen LogP contribution in [0.1, 0.15) is 47.2 Å². The fourth-order valence-corrected chi connectivity index (χ4v) is 4.36. The largest absolute Gasteiger partial charge is 0.384 e. The smallest absolute Gasteiger partial charge is 0.251 e. The molecule has 7 heteroatoms. The summed E-state index contributed by atoms with van der Waals surface area (Å²) in [5.74, 6) is -0.590. The van der Waals surface area contributed by atoms with Crippen LogP contribution in [0.4, 0.5) is 0 Å². The lowest BCUT2D eigenvalue weighted by Crippen LogP contribution is -2.48. The Kier molecular flexibility index (Phi) is 7.07. The molecule has 0 aromatic heterocycles. The van der Waals surface area contributed by atoms with Gasteiger partial charge in [0.2, 0.25) is 5.91 Å². The molecule has 164 valence electrons. The van der Waals surface area contributed by atoms with Crippen molar-refractivity contribution in [1.29, 1.82) is 5.41 Å². The molecule has 3 rings (SSSR count). The van der Waals surface area contributed by atoms with Gasteiger partial charge in [0.05, 0.1) is 6.54 Å². The van der Waals surface area contributed by atoms with Crippen molar-refractivity contribution in [3.8, 4) is 0 Å². The summed E-state index contributed by atoms with van der Waals surface area (Å²) >= 11 is 0. The Hall–Kier alpha value is -3.19. The minimum Gasteiger partial charge on any atom is -0.384 e. The third kappa shape index (κ3) is 5.11. The standard InChI is InChI=1S/C24H31N5O2/c1-29(20-10-12-24(16-25,13-11-20)19-8-3-2-4-9-19)21(30)15-28-23(31)18-7-5-6-17(14-18)22(26)27/h2-9,14,20H,10-13,15-16,25H2,1H3,(H3,26,27)(H,28,31). The molecule has 0 spiro atoms. The Morgan fingerprint density at radius 1 is 1.10 bits per heavy atom. The highest BCUT2D eigenvalue weighted by Crippen LogP contribution is 2.39. The number of nitrogens with one attached hydrogen (secondary N) is 2. The van der Waals surface area contributed by atoms with Crippen molar-refractivity contribution in [2.75, 3.05) is 20.1 Å². The fraction of sp³-hybridized carbons (Fsp3) is 0.375. The van der Waals surface area contributed by atoms with Crippen LogP contribution in [0, 0.1) is 5.41 Å². The molecule has 0 saturated heterocycles. The molecule has 0 unspecified atom stereocenters. The van der Waals surface area contributed by atoms with Gasteiger partial charge in [-0.25, -0.2) is 0 Å². The number of likely N-dealkylation sites (N-methyl/N-ethyl adjacent to an activating group) is 1. The van der Waals surface area contributed by atoms with Crippen LogP contribution in [0.15, 0.2) is 54.6 Å². The first kappa shape index (κ1) is 22.5. The molecule has 0 radical (unpaired) electrons. The number of hydrogen-bond acceptors (Lipinski definition) is 4. The predicted octanol–water partition coefficient (Wildman–Crippen LogP) is 2.00. The average molecular weight is 422 g/mol. The van der Waals surface area contributed by atoms with E-state index in [0.717, 1.165) is 25.7 Å². The maximum atomic E-state index is 12.7. The highest BCUT2D eigenvalue weighted by atomic mass is 16.2. The van der Waals surface area contributed by atoms with Gasteiger partial charge in [0.15, 0.2) is 0 Å². The monoisotopic (exact) mass is 421 g/mol. The zero-order valence-electron chi connectivity index (χ0n) is 17.9. The Morgan fingerprint density at radius 2 is 1.74 bits per heavy atom. The molecule has 31 heavy (non-hydrogen) atoms. The summed E-state index contributed by atoms with van der Waals surface area (Å²) in [6.45, 7) is 0.521. The van der Waals surface area contributed by atoms with Gasteiger partial charge in [-0.05, 0) is 43.4 Å². The summed E-state index contributed by atoms with van der Waals surface area (Å²) in [7, 11) is 1.80. The van der Waals surface area contributed by atoms with Crippen LogP contribution in [0.25, 0.3) is 0 Å². The molecule has 1 aliphatic rings. The van der Waals surface area contributed by atoms with Gasteiger partial charge in [0.1, 0.15) is 5.84 Å². The Balaban J connectivity index is 1.54. The van der Waals surface area contributed by atoms with E-state index in [1.807, 2.05) is 18.2 Å². The molecule has 2 aromatic carbocycles. The van der Waals surface area contributed by atoms with Crippen molar-refractivity contribution >= 4 is 17.6 Å². The molecule has 1 aliphatic carbocycles. The Bertz CT molecular complexity index is 936. The van der Waals surface area contributed by atoms with E-state index >= 15 is 0 Å². The minimum absolute atomic E-state index is 0.0302. The molecule has 1 saturated carbocycles. The average Bonchev–Trinajstić information content (AvgIpc) is 2.82. The molecule has 7 nitrogen and oxygen atoms in total. The summed E-state index contributed by atoms with van der Waals surface area (Å²) in [5.41, 5.74) is 13.7. The molecular formula is C24H31N5O2. The van der Waals surface area contributed by atoms with Crippen LogP contribution >= 0.6 is 0 Å². The second-order valence-electron chi connectivity index (χ2n) is 8.26. The van der Waals surface area contributed by atoms with Crippen molar-refractivity contribution < 1.29 is 9.59 Å². The molecule has 0 aliphatic heterocycles. The van der Waals surface area contributed by atoms with Gasteiger partial charge in [0.25, 0.3) is 5.91 Å². The van der Waals surface area contributed by atoms with E-state index < -0.39 is 0 Å². The number of amides is 2. The van der Waals surface area contributed by atoms with Gasteiger partial charge >= 0.3 is 0 Å². The molecule has 6 N–H and O–H groups in total. The van der Waals surface area contributed by atoms with E-state index in [1.165, 1.54) is 5.56 Å². The Labute approximate surface area is 183 Å². The zero-order valence-corrected chi connectivity index (χ0v) is 17.9. The van der Waals surface area contributed by atoms with Crippen molar-refractivity contribution in [3.05, 3.63) is 71.3 Å². The number of carbonyl (C=O) groups is 2. The number of nitrogen functional groups attached to an aromatic ring is 1. The molecule has 0 heterocycles. The quantitative estimate of drug-likeness (QED) is 0.403. The number of nitrogens with zero attached hydrogens (tertiary/aromatic N) is 1. The molecule has 1 fully saturated rings. The minimum atomic E-state index is -0.361. The van der Waals surface area contributed by atoms with Crippen molar-refractivity contribution in [2.45, 2.75) is 37.1 Å². The van der Waals surface area contributed by atoms with Crippen molar-refractivity contribution in [2.24, 2.45) is 11.5 Å². The third-order valence-electron chi connectivity index (χ3n) is 6.47. The number of carbonyl (C=O) groups excluding carboxylic acids is 2. The molecule has 0 atom stereocenters. The molecule has 2 amide bonds. The SMILES string of the molecule is CN(C(=O)CNC(=O)c1cccc(C(=N)N)c1)C1CCC(CN)(c2ccccc2)CC1. The summed E-state index contributed by atoms with van der Waals surface area (Å²) in [6, 6.07) is 17.0. The van der Waals surface area contributed by atoms with E-state index in [-0.39, 0.29) is 35.7 Å². The van der Waals surface area contributed by atoms with Gasteiger partial charge in [-0.1, -0.05) is 42.5 Å². The van der Waals surface area contributed by atoms with Gasteiger partial charge in [-0.3, -0.25) is 15.0 Å². The van der Waals surface area contributed by atoms with Crippen LogP contribution in [0.5, 0.6) is 0 Å². The van der Waals surface area contributed by atoms with Crippen LogP contribution < -0.4 is 16.8 Å². The highest BCUT2D eigenvalue weighted by molar-refractivity contribution is 6.00. The summed E-state index contributed by atoms with van der Waals surface area (Å²) < 4.78 is 0. The fourth-order valence-electron chi connectivity index (χ4n) is 4.36. The first-order valence-corrected chi connectivity index (χ1v) is 10.6. The van der Waals surface area contributed by atoms with E-state index in [9.17, 15) is 9.59 Å². The predicted molar refractivity (Wildman–Crippen MR) is 122 cm³/mol. The van der Waals surface area contributed by atoms with E-state index in [0.29, 0.717) is 17.7 Å². The Morgan fingerprint density at radius 3 is 2.35 bits per heavy atom. The van der Waals surface area contributed by atoms with E-state index in [1.54, 1.807) is 36.2 Å². The maximum Gasteiger partial charge on any atom is 0.251 e. The van der Waals surface area contributed by atoms with Crippen LogP contribution in [-0.4, -0.2) is 48.7 Å².